The van der Waals surface area contributed by atoms with Gasteiger partial charge in [-0.05, 0) is 73.0 Å². The van der Waals surface area contributed by atoms with Crippen LogP contribution in [0.4, 0.5) is 11.4 Å². The number of nitrogens with one attached hydrogen (secondary N) is 1. The zero-order valence-corrected chi connectivity index (χ0v) is 20.6. The molecule has 0 unspecified atom stereocenters. The smallest absolute Gasteiger partial charge is 0.307 e. The summed E-state index contributed by atoms with van der Waals surface area (Å²) in [5, 5.41) is 12.2. The second-order valence-corrected chi connectivity index (χ2v) is 9.07. The molecule has 0 saturated carbocycles. The highest BCUT2D eigenvalue weighted by Crippen LogP contribution is 2.32. The highest BCUT2D eigenvalue weighted by Gasteiger charge is 2.24. The predicted molar refractivity (Wildman–Crippen MR) is 136 cm³/mol. The van der Waals surface area contributed by atoms with E-state index >= 15 is 0 Å². The highest BCUT2D eigenvalue weighted by atomic mass is 35.5. The zero-order chi connectivity index (χ0) is 25.1. The fourth-order valence-corrected chi connectivity index (χ4v) is 4.29. The molecule has 1 amide bonds. The molecule has 4 rings (SSSR count). The van der Waals surface area contributed by atoms with Crippen LogP contribution in [0.25, 0.3) is 0 Å². The molecule has 0 bridgehead atoms. The van der Waals surface area contributed by atoms with Gasteiger partial charge in [-0.1, -0.05) is 23.7 Å². The van der Waals surface area contributed by atoms with Gasteiger partial charge in [0.25, 0.3) is 5.91 Å². The fourth-order valence-electron chi connectivity index (χ4n) is 4.10. The van der Waals surface area contributed by atoms with Gasteiger partial charge in [-0.2, -0.15) is 0 Å². The first kappa shape index (κ1) is 24.4. The maximum absolute atomic E-state index is 12.9. The van der Waals surface area contributed by atoms with E-state index in [4.69, 9.17) is 26.2 Å². The average molecular weight is 495 g/mol. The second-order valence-electron chi connectivity index (χ2n) is 8.66. The number of carboxylic acid groups (broad SMARTS) is 1. The average Bonchev–Trinajstić information content (AvgIpc) is 2.81. The molecule has 1 atom stereocenters. The standard InChI is InChI=1S/C27H27ClN2O5/c1-16-11-25(34-15-20-14-30(3)23-6-4-5-7-24(23)35-20)17(2)10-21(16)27(33)29-19-8-9-22(28)18(12-19)13-26(31)32/h4-12,20H,13-15H2,1-3H3,(H,29,33)(H,31,32)/t20-/m0/s1. The number of anilines is 2. The molecular formula is C27H27ClN2O5. The summed E-state index contributed by atoms with van der Waals surface area (Å²) in [7, 11) is 2.03. The van der Waals surface area contributed by atoms with Crippen molar-refractivity contribution in [1.82, 2.24) is 0 Å². The number of carbonyl (C=O) groups excluding carboxylic acids is 1. The van der Waals surface area contributed by atoms with E-state index in [2.05, 4.69) is 10.2 Å². The first-order valence-corrected chi connectivity index (χ1v) is 11.6. The Kier molecular flexibility index (Phi) is 7.17. The maximum Gasteiger partial charge on any atom is 0.307 e. The molecule has 1 heterocycles. The molecule has 0 aliphatic carbocycles. The Labute approximate surface area is 209 Å². The minimum atomic E-state index is -0.994. The van der Waals surface area contributed by atoms with Crippen molar-refractivity contribution in [2.75, 3.05) is 30.4 Å². The maximum atomic E-state index is 12.9. The lowest BCUT2D eigenvalue weighted by atomic mass is 10.0. The number of likely N-dealkylation sites (N-methyl/N-ethyl adjacent to an activating group) is 1. The molecule has 2 N–H and O–H groups in total. The van der Waals surface area contributed by atoms with Gasteiger partial charge in [0, 0.05) is 23.3 Å². The van der Waals surface area contributed by atoms with Crippen molar-refractivity contribution in [1.29, 1.82) is 0 Å². The zero-order valence-electron chi connectivity index (χ0n) is 19.8. The summed E-state index contributed by atoms with van der Waals surface area (Å²) in [6.07, 6.45) is -0.346. The van der Waals surface area contributed by atoms with Crippen molar-refractivity contribution < 1.29 is 24.2 Å². The molecule has 35 heavy (non-hydrogen) atoms. The molecule has 3 aromatic rings. The minimum absolute atomic E-state index is 0.123. The molecule has 7 nitrogen and oxygen atoms in total. The number of aliphatic carboxylic acids is 1. The number of fused-ring (bicyclic) bond motifs is 1. The third kappa shape index (κ3) is 5.69. The Morgan fingerprint density at radius 3 is 2.69 bits per heavy atom. The lowest BCUT2D eigenvalue weighted by molar-refractivity contribution is -0.136. The van der Waals surface area contributed by atoms with E-state index < -0.39 is 5.97 Å². The van der Waals surface area contributed by atoms with E-state index in [-0.39, 0.29) is 18.4 Å². The SMILES string of the molecule is Cc1cc(C(=O)Nc2ccc(Cl)c(CC(=O)O)c2)c(C)cc1OC[C@@H]1CN(C)c2ccccc2O1. The van der Waals surface area contributed by atoms with Gasteiger partial charge in [-0.15, -0.1) is 0 Å². The summed E-state index contributed by atoms with van der Waals surface area (Å²) in [5.41, 5.74) is 4.07. The van der Waals surface area contributed by atoms with Gasteiger partial charge in [-0.3, -0.25) is 9.59 Å². The third-order valence-electron chi connectivity index (χ3n) is 5.88. The first-order chi connectivity index (χ1) is 16.7. The quantitative estimate of drug-likeness (QED) is 0.474. The molecule has 0 radical (unpaired) electrons. The van der Waals surface area contributed by atoms with Crippen LogP contribution in [0.2, 0.25) is 5.02 Å². The Hall–Kier alpha value is -3.71. The molecule has 0 fully saturated rings. The molecule has 1 aliphatic heterocycles. The van der Waals surface area contributed by atoms with Crippen LogP contribution in [0.15, 0.2) is 54.6 Å². The van der Waals surface area contributed by atoms with Crippen molar-refractivity contribution in [3.05, 3.63) is 81.9 Å². The monoisotopic (exact) mass is 494 g/mol. The van der Waals surface area contributed by atoms with E-state index in [0.717, 1.165) is 22.6 Å². The van der Waals surface area contributed by atoms with Crippen LogP contribution in [0.5, 0.6) is 11.5 Å². The van der Waals surface area contributed by atoms with Crippen molar-refractivity contribution in [3.63, 3.8) is 0 Å². The Bertz CT molecular complexity index is 1280. The minimum Gasteiger partial charge on any atom is -0.489 e. The number of carbonyl (C=O) groups is 2. The third-order valence-corrected chi connectivity index (χ3v) is 6.25. The lowest BCUT2D eigenvalue weighted by Gasteiger charge is -2.33. The number of aryl methyl sites for hydroxylation is 2. The summed E-state index contributed by atoms with van der Waals surface area (Å²) in [5.74, 6) is 0.240. The van der Waals surface area contributed by atoms with Crippen molar-refractivity contribution in [2.24, 2.45) is 0 Å². The van der Waals surface area contributed by atoms with Crippen molar-refractivity contribution >= 4 is 34.9 Å². The highest BCUT2D eigenvalue weighted by molar-refractivity contribution is 6.31. The van der Waals surface area contributed by atoms with E-state index in [1.54, 1.807) is 24.3 Å². The van der Waals surface area contributed by atoms with Crippen LogP contribution in [-0.4, -0.2) is 43.3 Å². The lowest BCUT2D eigenvalue weighted by Crippen LogP contribution is -2.41. The number of benzene rings is 3. The summed E-state index contributed by atoms with van der Waals surface area (Å²) in [6, 6.07) is 16.4. The van der Waals surface area contributed by atoms with E-state index in [0.29, 0.717) is 40.7 Å². The number of carboxylic acids is 1. The van der Waals surface area contributed by atoms with E-state index in [1.807, 2.05) is 51.2 Å². The van der Waals surface area contributed by atoms with Gasteiger partial charge >= 0.3 is 5.97 Å². The fraction of sp³-hybridized carbons (Fsp3) is 0.259. The number of ether oxygens (including phenoxy) is 2. The summed E-state index contributed by atoms with van der Waals surface area (Å²) >= 11 is 6.07. The van der Waals surface area contributed by atoms with Crippen LogP contribution in [-0.2, 0) is 11.2 Å². The molecule has 0 saturated heterocycles. The van der Waals surface area contributed by atoms with Gasteiger partial charge in [0.15, 0.2) is 0 Å². The van der Waals surface area contributed by atoms with Gasteiger partial charge in [0.05, 0.1) is 18.7 Å². The Morgan fingerprint density at radius 2 is 1.91 bits per heavy atom. The largest absolute Gasteiger partial charge is 0.489 e. The number of nitrogens with zero attached hydrogens (tertiary/aromatic N) is 1. The summed E-state index contributed by atoms with van der Waals surface area (Å²) in [4.78, 5) is 26.1. The van der Waals surface area contributed by atoms with Gasteiger partial charge < -0.3 is 24.8 Å². The van der Waals surface area contributed by atoms with Gasteiger partial charge in [0.2, 0.25) is 0 Å². The number of halogens is 1. The predicted octanol–water partition coefficient (Wildman–Crippen LogP) is 5.11. The molecule has 0 spiro atoms. The molecule has 1 aliphatic rings. The summed E-state index contributed by atoms with van der Waals surface area (Å²) in [6.45, 7) is 4.82. The molecule has 3 aromatic carbocycles. The van der Waals surface area contributed by atoms with Crippen molar-refractivity contribution in [3.8, 4) is 11.5 Å². The number of hydrogen-bond donors (Lipinski definition) is 2. The van der Waals surface area contributed by atoms with Crippen LogP contribution in [0.3, 0.4) is 0 Å². The topological polar surface area (TPSA) is 88.1 Å². The molecular weight excluding hydrogens is 468 g/mol. The number of amides is 1. The van der Waals surface area contributed by atoms with Gasteiger partial charge in [0.1, 0.15) is 24.2 Å². The Morgan fingerprint density at radius 1 is 1.14 bits per heavy atom. The molecule has 8 heteroatoms. The Balaban J connectivity index is 1.43. The van der Waals surface area contributed by atoms with Gasteiger partial charge in [-0.25, -0.2) is 0 Å². The van der Waals surface area contributed by atoms with Crippen LogP contribution in [0, 0.1) is 13.8 Å². The number of hydrogen-bond acceptors (Lipinski definition) is 5. The van der Waals surface area contributed by atoms with Crippen LogP contribution < -0.4 is 19.7 Å². The van der Waals surface area contributed by atoms with Crippen LogP contribution in [0.1, 0.15) is 27.0 Å². The number of rotatable bonds is 7. The van der Waals surface area contributed by atoms with E-state index in [1.165, 1.54) is 0 Å². The molecule has 182 valence electrons. The van der Waals surface area contributed by atoms with Crippen LogP contribution >= 0.6 is 11.6 Å². The normalized spacial score (nSPS) is 14.6. The molecule has 0 aromatic heterocycles. The van der Waals surface area contributed by atoms with Crippen molar-refractivity contribution in [2.45, 2.75) is 26.4 Å². The first-order valence-electron chi connectivity index (χ1n) is 11.2. The second kappa shape index (κ2) is 10.3. The van der Waals surface area contributed by atoms with E-state index in [9.17, 15) is 9.59 Å². The summed E-state index contributed by atoms with van der Waals surface area (Å²) < 4.78 is 12.2. The number of para-hydroxylation sites is 2.